The predicted octanol–water partition coefficient (Wildman–Crippen LogP) is -3.03. The van der Waals surface area contributed by atoms with E-state index in [9.17, 15) is 28.8 Å². The lowest BCUT2D eigenvalue weighted by molar-refractivity contribution is -0.140. The van der Waals surface area contributed by atoms with Gasteiger partial charge in [-0.1, -0.05) is 15.9 Å². The lowest BCUT2D eigenvalue weighted by Gasteiger charge is -2.27. The number of aliphatic carboxylic acids is 3. The number of hydrogen-bond donors (Lipinski definition) is 5. The largest absolute Gasteiger partial charge is 0.480 e. The molecule has 0 aliphatic carbocycles. The molecule has 15 heteroatoms. The number of nitrogens with one attached hydrogen (secondary N) is 2. The third kappa shape index (κ3) is 17.6. The molecule has 0 aromatic carbocycles. The molecule has 0 radical (unpaired) electrons. The van der Waals surface area contributed by atoms with Gasteiger partial charge < -0.3 is 30.7 Å². The summed E-state index contributed by atoms with van der Waals surface area (Å²) < 4.78 is 0. The Morgan fingerprint density at radius 3 is 1.58 bits per heavy atom. The van der Waals surface area contributed by atoms with Gasteiger partial charge >= 0.3 is 17.9 Å². The molecule has 0 aromatic heterocycles. The molecule has 0 bridgehead atoms. The number of carbonyl (C=O) groups is 6. The van der Waals surface area contributed by atoms with E-state index in [1.807, 2.05) is 0 Å². The molecule has 2 amide bonds. The van der Waals surface area contributed by atoms with Crippen molar-refractivity contribution in [2.75, 3.05) is 77.3 Å². The van der Waals surface area contributed by atoms with Gasteiger partial charge in [0.15, 0.2) is 0 Å². The van der Waals surface area contributed by atoms with E-state index in [0.717, 1.165) is 0 Å². The summed E-state index contributed by atoms with van der Waals surface area (Å²) in [5, 5.41) is 32.3. The Balaban J connectivity index is 4.81. The van der Waals surface area contributed by atoms with Crippen LogP contribution in [0.3, 0.4) is 0 Å². The maximum Gasteiger partial charge on any atom is 0.317 e. The van der Waals surface area contributed by atoms with Crippen molar-refractivity contribution in [1.82, 2.24) is 25.3 Å². The first-order chi connectivity index (χ1) is 15.6. The summed E-state index contributed by atoms with van der Waals surface area (Å²) in [6, 6.07) is 0. The van der Waals surface area contributed by atoms with Crippen molar-refractivity contribution >= 4 is 51.9 Å². The van der Waals surface area contributed by atoms with Gasteiger partial charge in [-0.2, -0.15) is 0 Å². The molecule has 0 fully saturated rings. The highest BCUT2D eigenvalue weighted by molar-refractivity contribution is 9.09. The third-order valence-corrected chi connectivity index (χ3v) is 4.64. The zero-order chi connectivity index (χ0) is 25.2. The molecule has 0 aliphatic heterocycles. The molecule has 33 heavy (non-hydrogen) atoms. The second kappa shape index (κ2) is 17.9. The minimum Gasteiger partial charge on any atom is -0.480 e. The molecule has 0 aromatic rings. The Morgan fingerprint density at radius 2 is 1.09 bits per heavy atom. The molecule has 14 nitrogen and oxygen atoms in total. The molecule has 0 saturated carbocycles. The molecular formula is C18H30BrN5O9. The van der Waals surface area contributed by atoms with Crippen LogP contribution in [0.15, 0.2) is 0 Å². The second-order valence-corrected chi connectivity index (χ2v) is 7.46. The molecule has 0 aliphatic rings. The molecule has 0 spiro atoms. The predicted molar refractivity (Wildman–Crippen MR) is 118 cm³/mol. The summed E-state index contributed by atoms with van der Waals surface area (Å²) in [5.41, 5.74) is 0. The van der Waals surface area contributed by atoms with Crippen molar-refractivity contribution < 1.29 is 44.1 Å². The van der Waals surface area contributed by atoms with Gasteiger partial charge in [-0.15, -0.1) is 0 Å². The van der Waals surface area contributed by atoms with Crippen LogP contribution < -0.4 is 10.6 Å². The summed E-state index contributed by atoms with van der Waals surface area (Å²) in [7, 11) is 0. The van der Waals surface area contributed by atoms with Crippen LogP contribution >= 0.6 is 15.9 Å². The van der Waals surface area contributed by atoms with Crippen molar-refractivity contribution in [3.05, 3.63) is 0 Å². The van der Waals surface area contributed by atoms with Gasteiger partial charge in [-0.05, 0) is 0 Å². The van der Waals surface area contributed by atoms with Crippen molar-refractivity contribution in [2.45, 2.75) is 0 Å². The van der Waals surface area contributed by atoms with E-state index in [1.165, 1.54) is 14.7 Å². The number of halogens is 1. The maximum absolute atomic E-state index is 12.1. The topological polar surface area (TPSA) is 197 Å². The van der Waals surface area contributed by atoms with Gasteiger partial charge in [0.05, 0.1) is 38.1 Å². The summed E-state index contributed by atoms with van der Waals surface area (Å²) in [4.78, 5) is 71.2. The smallest absolute Gasteiger partial charge is 0.317 e. The van der Waals surface area contributed by atoms with E-state index in [1.54, 1.807) is 0 Å². The highest BCUT2D eigenvalue weighted by atomic mass is 79.9. The molecule has 0 saturated heterocycles. The fourth-order valence-electron chi connectivity index (χ4n) is 2.67. The van der Waals surface area contributed by atoms with Crippen LogP contribution in [-0.2, 0) is 28.8 Å². The van der Waals surface area contributed by atoms with E-state index in [4.69, 9.17) is 15.3 Å². The summed E-state index contributed by atoms with van der Waals surface area (Å²) in [6.07, 6.45) is 0.545. The number of hydrogen-bond acceptors (Lipinski definition) is 9. The lowest BCUT2D eigenvalue weighted by Crippen LogP contribution is -2.46. The van der Waals surface area contributed by atoms with E-state index in [0.29, 0.717) is 6.29 Å². The fourth-order valence-corrected chi connectivity index (χ4v) is 2.87. The monoisotopic (exact) mass is 539 g/mol. The second-order valence-electron chi connectivity index (χ2n) is 6.90. The SMILES string of the molecule is O=CCN(CCN(CCN(CC(=O)O)CC(=O)NCCNC(=O)CBr)CC(=O)O)CC(=O)O. The Labute approximate surface area is 199 Å². The molecule has 0 unspecified atom stereocenters. The van der Waals surface area contributed by atoms with Crippen LogP contribution in [0.25, 0.3) is 0 Å². The zero-order valence-electron chi connectivity index (χ0n) is 18.1. The summed E-state index contributed by atoms with van der Waals surface area (Å²) >= 11 is 2.99. The Morgan fingerprint density at radius 1 is 0.667 bits per heavy atom. The number of alkyl halides is 1. The first-order valence-corrected chi connectivity index (χ1v) is 11.0. The number of amides is 2. The standard InChI is InChI=1S/C18H30BrN5O9/c19-9-14(26)20-1-2-21-15(27)10-24(13-18(32)33)6-5-22(11-16(28)29)3-4-23(7-8-25)12-17(30)31/h8H,1-7,9-13H2,(H,20,26)(H,21,27)(H,28,29)(H,30,31)(H,32,33). The highest BCUT2D eigenvalue weighted by Gasteiger charge is 2.18. The quantitative estimate of drug-likeness (QED) is 0.0596. The molecule has 0 rings (SSSR count). The van der Waals surface area contributed by atoms with Crippen LogP contribution in [0.4, 0.5) is 0 Å². The van der Waals surface area contributed by atoms with Crippen molar-refractivity contribution in [1.29, 1.82) is 0 Å². The number of rotatable bonds is 20. The van der Waals surface area contributed by atoms with Crippen molar-refractivity contribution in [2.24, 2.45) is 0 Å². The molecular weight excluding hydrogens is 510 g/mol. The number of carbonyl (C=O) groups excluding carboxylic acids is 3. The van der Waals surface area contributed by atoms with Crippen LogP contribution in [0.2, 0.25) is 0 Å². The van der Waals surface area contributed by atoms with Crippen LogP contribution in [0.5, 0.6) is 0 Å². The summed E-state index contributed by atoms with van der Waals surface area (Å²) in [6.45, 7) is -0.879. The minimum atomic E-state index is -1.17. The Kier molecular flexibility index (Phi) is 16.5. The number of aldehydes is 1. The Bertz CT molecular complexity index is 680. The number of carboxylic acid groups (broad SMARTS) is 3. The first kappa shape index (κ1) is 30.4. The molecule has 0 heterocycles. The van der Waals surface area contributed by atoms with Gasteiger partial charge in [-0.25, -0.2) is 0 Å². The molecule has 188 valence electrons. The molecule has 0 atom stereocenters. The van der Waals surface area contributed by atoms with E-state index in [-0.39, 0.29) is 76.7 Å². The van der Waals surface area contributed by atoms with Crippen molar-refractivity contribution in [3.63, 3.8) is 0 Å². The molecule has 5 N–H and O–H groups in total. The van der Waals surface area contributed by atoms with Crippen LogP contribution in [0, 0.1) is 0 Å². The van der Waals surface area contributed by atoms with Gasteiger partial charge in [0, 0.05) is 39.3 Å². The van der Waals surface area contributed by atoms with Gasteiger partial charge in [0.25, 0.3) is 0 Å². The lowest BCUT2D eigenvalue weighted by atomic mass is 10.3. The Hall–Kier alpha value is -2.62. The van der Waals surface area contributed by atoms with E-state index in [2.05, 4.69) is 26.6 Å². The van der Waals surface area contributed by atoms with Gasteiger partial charge in [0.2, 0.25) is 11.8 Å². The van der Waals surface area contributed by atoms with Crippen LogP contribution in [0.1, 0.15) is 0 Å². The van der Waals surface area contributed by atoms with Crippen molar-refractivity contribution in [3.8, 4) is 0 Å². The normalized spacial score (nSPS) is 10.9. The number of carboxylic acids is 3. The average Bonchev–Trinajstić information content (AvgIpc) is 2.71. The van der Waals surface area contributed by atoms with Gasteiger partial charge in [-0.3, -0.25) is 38.7 Å². The van der Waals surface area contributed by atoms with Crippen LogP contribution in [-0.4, -0.2) is 143 Å². The van der Waals surface area contributed by atoms with Gasteiger partial charge in [0.1, 0.15) is 6.29 Å². The van der Waals surface area contributed by atoms with E-state index < -0.39 is 30.4 Å². The first-order valence-electron chi connectivity index (χ1n) is 9.92. The fraction of sp³-hybridized carbons (Fsp3) is 0.667. The van der Waals surface area contributed by atoms with E-state index >= 15 is 0 Å². The zero-order valence-corrected chi connectivity index (χ0v) is 19.7. The minimum absolute atomic E-state index is 0.0555. The number of nitrogens with zero attached hydrogens (tertiary/aromatic N) is 3. The third-order valence-electron chi connectivity index (χ3n) is 4.13. The summed E-state index contributed by atoms with van der Waals surface area (Å²) in [5.74, 6) is -4.15. The highest BCUT2D eigenvalue weighted by Crippen LogP contribution is 1.97. The maximum atomic E-state index is 12.1. The average molecular weight is 540 g/mol.